The van der Waals surface area contributed by atoms with Gasteiger partial charge in [0.2, 0.25) is 5.91 Å². The summed E-state index contributed by atoms with van der Waals surface area (Å²) >= 11 is 0. The third kappa shape index (κ3) is 5.95. The minimum absolute atomic E-state index is 0.00392. The van der Waals surface area contributed by atoms with Gasteiger partial charge in [-0.05, 0) is 86.6 Å². The van der Waals surface area contributed by atoms with E-state index >= 15 is 0 Å². The highest BCUT2D eigenvalue weighted by molar-refractivity contribution is 5.90. The van der Waals surface area contributed by atoms with E-state index in [1.165, 1.54) is 13.2 Å². The number of anilines is 2. The monoisotopic (exact) mass is 515 g/mol. The van der Waals surface area contributed by atoms with Gasteiger partial charge in [-0.25, -0.2) is 9.97 Å². The maximum atomic E-state index is 13.3. The van der Waals surface area contributed by atoms with Gasteiger partial charge in [0.05, 0.1) is 17.1 Å². The molecule has 1 saturated heterocycles. The first-order valence-corrected chi connectivity index (χ1v) is 12.3. The number of benzene rings is 2. The molecular weight excluding hydrogens is 483 g/mol. The van der Waals surface area contributed by atoms with Crippen LogP contribution in [0.2, 0.25) is 0 Å². The van der Waals surface area contributed by atoms with E-state index in [0.29, 0.717) is 30.3 Å². The number of nitrogens with two attached hydrogens (primary N) is 1. The molecule has 198 valence electrons. The highest BCUT2D eigenvalue weighted by Gasteiger charge is 2.31. The van der Waals surface area contributed by atoms with Crippen molar-refractivity contribution in [3.63, 3.8) is 0 Å². The lowest BCUT2D eigenvalue weighted by Gasteiger charge is -2.33. The molecular formula is C27H32F3N5O2. The first-order chi connectivity index (χ1) is 17.5. The van der Waals surface area contributed by atoms with Gasteiger partial charge in [0.25, 0.3) is 0 Å². The average Bonchev–Trinajstić information content (AvgIpc) is 2.83. The molecule has 0 spiro atoms. The van der Waals surface area contributed by atoms with Crippen molar-refractivity contribution in [2.75, 3.05) is 37.9 Å². The maximum Gasteiger partial charge on any atom is 0.416 e. The molecule has 1 atom stereocenters. The van der Waals surface area contributed by atoms with Gasteiger partial charge in [-0.1, -0.05) is 0 Å². The number of hydrogen-bond acceptors (Lipinski definition) is 6. The Kier molecular flexibility index (Phi) is 7.59. The Morgan fingerprint density at radius 1 is 1.16 bits per heavy atom. The molecule has 4 rings (SSSR count). The number of hydrogen-bond donors (Lipinski definition) is 2. The molecule has 3 aromatic rings. The summed E-state index contributed by atoms with van der Waals surface area (Å²) in [6, 6.07) is 7.21. The van der Waals surface area contributed by atoms with E-state index in [1.807, 2.05) is 11.0 Å². The second kappa shape index (κ2) is 10.5. The molecule has 0 unspecified atom stereocenters. The SMILES string of the molecule is COCC(=O)N1CCC(c2cc3c(N[C@H](C)c4cc(N)cc(C(F)(F)F)c4)nc(C)nc3cc2C)CC1. The molecule has 1 aromatic heterocycles. The van der Waals surface area contributed by atoms with Crippen LogP contribution in [0.1, 0.15) is 59.8 Å². The number of nitrogen functional groups attached to an aromatic ring is 1. The second-order valence-corrected chi connectivity index (χ2v) is 9.69. The van der Waals surface area contributed by atoms with E-state index in [-0.39, 0.29) is 24.1 Å². The molecule has 10 heteroatoms. The Bertz CT molecular complexity index is 1300. The van der Waals surface area contributed by atoms with E-state index in [1.54, 1.807) is 13.8 Å². The summed E-state index contributed by atoms with van der Waals surface area (Å²) < 4.78 is 45.0. The van der Waals surface area contributed by atoms with Crippen LogP contribution in [0.15, 0.2) is 30.3 Å². The van der Waals surface area contributed by atoms with E-state index < -0.39 is 17.8 Å². The summed E-state index contributed by atoms with van der Waals surface area (Å²) in [6.07, 6.45) is -2.83. The molecule has 1 aliphatic rings. The minimum atomic E-state index is -4.49. The van der Waals surface area contributed by atoms with Crippen LogP contribution in [0.25, 0.3) is 10.9 Å². The summed E-state index contributed by atoms with van der Waals surface area (Å²) in [5.41, 5.74) is 8.50. The fraction of sp³-hybridized carbons (Fsp3) is 0.444. The summed E-state index contributed by atoms with van der Waals surface area (Å²) in [4.78, 5) is 23.2. The number of aromatic nitrogens is 2. The summed E-state index contributed by atoms with van der Waals surface area (Å²) in [5.74, 6) is 1.38. The van der Waals surface area contributed by atoms with Crippen LogP contribution in [0.5, 0.6) is 0 Å². The Balaban J connectivity index is 1.64. The van der Waals surface area contributed by atoms with Crippen LogP contribution in [-0.4, -0.2) is 47.6 Å². The van der Waals surface area contributed by atoms with Crippen molar-refractivity contribution in [3.05, 3.63) is 58.4 Å². The van der Waals surface area contributed by atoms with Gasteiger partial charge < -0.3 is 20.7 Å². The molecule has 1 fully saturated rings. The fourth-order valence-electron chi connectivity index (χ4n) is 5.00. The standard InChI is InChI=1S/C27H32F3N5O2/c1-15-9-24-23(13-22(15)18-5-7-35(8-6-18)25(36)14-37-4)26(34-17(3)33-24)32-16(2)19-10-20(27(28,29)30)12-21(31)11-19/h9-13,16,18H,5-8,14,31H2,1-4H3,(H,32,33,34)/t16-/m1/s1. The van der Waals surface area contributed by atoms with Crippen molar-refractivity contribution >= 4 is 28.3 Å². The van der Waals surface area contributed by atoms with Crippen LogP contribution in [0, 0.1) is 13.8 Å². The number of carbonyl (C=O) groups is 1. The van der Waals surface area contributed by atoms with Crippen molar-refractivity contribution in [2.45, 2.75) is 51.7 Å². The molecule has 37 heavy (non-hydrogen) atoms. The number of ether oxygens (including phenoxy) is 1. The molecule has 0 bridgehead atoms. The number of nitrogens with one attached hydrogen (secondary N) is 1. The predicted octanol–water partition coefficient (Wildman–Crippen LogP) is 5.37. The number of alkyl halides is 3. The first-order valence-electron chi connectivity index (χ1n) is 12.3. The third-order valence-corrected chi connectivity index (χ3v) is 6.91. The topological polar surface area (TPSA) is 93.4 Å². The molecule has 0 radical (unpaired) electrons. The van der Waals surface area contributed by atoms with Crippen molar-refractivity contribution in [2.24, 2.45) is 0 Å². The molecule has 3 N–H and O–H groups in total. The number of carbonyl (C=O) groups excluding carboxylic acids is 1. The predicted molar refractivity (Wildman–Crippen MR) is 137 cm³/mol. The van der Waals surface area contributed by atoms with Gasteiger partial charge in [-0.15, -0.1) is 0 Å². The number of amides is 1. The van der Waals surface area contributed by atoms with Crippen molar-refractivity contribution < 1.29 is 22.7 Å². The van der Waals surface area contributed by atoms with Gasteiger partial charge >= 0.3 is 6.18 Å². The second-order valence-electron chi connectivity index (χ2n) is 9.69. The Hall–Kier alpha value is -3.40. The molecule has 2 heterocycles. The maximum absolute atomic E-state index is 13.3. The van der Waals surface area contributed by atoms with Crippen molar-refractivity contribution in [1.29, 1.82) is 0 Å². The number of halogens is 3. The summed E-state index contributed by atoms with van der Waals surface area (Å²) in [6.45, 7) is 7.02. The Morgan fingerprint density at radius 2 is 1.86 bits per heavy atom. The van der Waals surface area contributed by atoms with E-state index in [9.17, 15) is 18.0 Å². The van der Waals surface area contributed by atoms with Crippen molar-refractivity contribution in [3.8, 4) is 0 Å². The molecule has 1 amide bonds. The number of nitrogens with zero attached hydrogens (tertiary/aromatic N) is 3. The number of likely N-dealkylation sites (tertiary alicyclic amines) is 1. The summed E-state index contributed by atoms with van der Waals surface area (Å²) in [5, 5.41) is 4.09. The van der Waals surface area contributed by atoms with Gasteiger partial charge in [0.15, 0.2) is 0 Å². The molecule has 2 aromatic carbocycles. The lowest BCUT2D eigenvalue weighted by molar-refractivity contribution is -0.137. The minimum Gasteiger partial charge on any atom is -0.399 e. The van der Waals surface area contributed by atoms with Gasteiger partial charge in [0.1, 0.15) is 18.2 Å². The first kappa shape index (κ1) is 26.7. The molecule has 7 nitrogen and oxygen atoms in total. The van der Waals surface area contributed by atoms with Crippen LogP contribution < -0.4 is 11.1 Å². The van der Waals surface area contributed by atoms with Crippen LogP contribution >= 0.6 is 0 Å². The van der Waals surface area contributed by atoms with Crippen LogP contribution in [0.3, 0.4) is 0 Å². The van der Waals surface area contributed by atoms with Crippen LogP contribution in [-0.2, 0) is 15.7 Å². The smallest absolute Gasteiger partial charge is 0.399 e. The number of piperidine rings is 1. The highest BCUT2D eigenvalue weighted by Crippen LogP contribution is 2.36. The Labute approximate surface area is 214 Å². The lowest BCUT2D eigenvalue weighted by Crippen LogP contribution is -2.39. The highest BCUT2D eigenvalue weighted by atomic mass is 19.4. The number of fused-ring (bicyclic) bond motifs is 1. The largest absolute Gasteiger partial charge is 0.416 e. The molecule has 0 saturated carbocycles. The molecule has 1 aliphatic heterocycles. The summed E-state index contributed by atoms with van der Waals surface area (Å²) in [7, 11) is 1.52. The number of methoxy groups -OCH3 is 1. The zero-order chi connectivity index (χ0) is 26.9. The van der Waals surface area contributed by atoms with E-state index in [0.717, 1.165) is 47.0 Å². The number of aryl methyl sites for hydroxylation is 2. The molecule has 0 aliphatic carbocycles. The third-order valence-electron chi connectivity index (χ3n) is 6.91. The zero-order valence-corrected chi connectivity index (χ0v) is 21.4. The van der Waals surface area contributed by atoms with E-state index in [4.69, 9.17) is 10.5 Å². The lowest BCUT2D eigenvalue weighted by atomic mass is 9.86. The van der Waals surface area contributed by atoms with Crippen molar-refractivity contribution in [1.82, 2.24) is 14.9 Å². The van der Waals surface area contributed by atoms with E-state index in [2.05, 4.69) is 28.3 Å². The van der Waals surface area contributed by atoms with Gasteiger partial charge in [-0.3, -0.25) is 4.79 Å². The number of rotatable bonds is 6. The van der Waals surface area contributed by atoms with Gasteiger partial charge in [-0.2, -0.15) is 13.2 Å². The normalized spacial score (nSPS) is 15.7. The van der Waals surface area contributed by atoms with Crippen LogP contribution in [0.4, 0.5) is 24.7 Å². The fourth-order valence-corrected chi connectivity index (χ4v) is 5.00. The zero-order valence-electron chi connectivity index (χ0n) is 21.4. The average molecular weight is 516 g/mol. The Morgan fingerprint density at radius 3 is 2.51 bits per heavy atom. The quantitative estimate of drug-likeness (QED) is 0.429. The van der Waals surface area contributed by atoms with Gasteiger partial charge in [0, 0.05) is 31.3 Å².